The molecule has 0 bridgehead atoms. The lowest BCUT2D eigenvalue weighted by Crippen LogP contribution is -2.17. The van der Waals surface area contributed by atoms with Gasteiger partial charge in [-0.2, -0.15) is 10.1 Å². The normalized spacial score (nSPS) is 15.3. The quantitative estimate of drug-likeness (QED) is 0.589. The lowest BCUT2D eigenvalue weighted by molar-refractivity contribution is -0.0102. The van der Waals surface area contributed by atoms with E-state index >= 15 is 0 Å². The molecule has 2 N–H and O–H groups in total. The highest BCUT2D eigenvalue weighted by molar-refractivity contribution is 5.84. The summed E-state index contributed by atoms with van der Waals surface area (Å²) >= 11 is 0. The van der Waals surface area contributed by atoms with E-state index in [2.05, 4.69) is 25.4 Å². The Morgan fingerprint density at radius 3 is 2.88 bits per heavy atom. The highest BCUT2D eigenvalue weighted by Crippen LogP contribution is 2.41. The molecule has 0 fully saturated rings. The van der Waals surface area contributed by atoms with Crippen molar-refractivity contribution < 1.29 is 9.47 Å². The predicted molar refractivity (Wildman–Crippen MR) is 93.6 cm³/mol. The highest BCUT2D eigenvalue weighted by Gasteiger charge is 2.37. The standard InChI is InChI=1S/C18H16N6O2/c1-18(2)14-12(9-25-18)16(22-15(21-14)10-7-19-20-8-10)26-17-11-5-3-4-6-13(11)23-24-17/h3-8H,9H2,1-2H3,(H,19,20)(H,23,24). The fourth-order valence-corrected chi connectivity index (χ4v) is 3.11. The molecule has 26 heavy (non-hydrogen) atoms. The maximum absolute atomic E-state index is 6.10. The molecule has 4 heterocycles. The molecule has 0 radical (unpaired) electrons. The van der Waals surface area contributed by atoms with Gasteiger partial charge in [-0.1, -0.05) is 12.1 Å². The summed E-state index contributed by atoms with van der Waals surface area (Å²) in [6, 6.07) is 7.79. The van der Waals surface area contributed by atoms with Crippen molar-refractivity contribution in [1.82, 2.24) is 30.4 Å². The fraction of sp³-hybridized carbons (Fsp3) is 0.222. The molecule has 0 amide bonds. The largest absolute Gasteiger partial charge is 0.418 e. The Labute approximate surface area is 148 Å². The third-order valence-electron chi connectivity index (χ3n) is 4.50. The van der Waals surface area contributed by atoms with Gasteiger partial charge in [-0.15, -0.1) is 5.10 Å². The zero-order valence-electron chi connectivity index (χ0n) is 14.3. The summed E-state index contributed by atoms with van der Waals surface area (Å²) in [4.78, 5) is 9.30. The van der Waals surface area contributed by atoms with Crippen molar-refractivity contribution in [3.63, 3.8) is 0 Å². The van der Waals surface area contributed by atoms with E-state index in [9.17, 15) is 0 Å². The Kier molecular flexibility index (Phi) is 3.10. The van der Waals surface area contributed by atoms with E-state index in [1.54, 1.807) is 12.4 Å². The Bertz CT molecular complexity index is 1100. The summed E-state index contributed by atoms with van der Waals surface area (Å²) in [5.74, 6) is 1.46. The molecule has 0 spiro atoms. The van der Waals surface area contributed by atoms with Crippen LogP contribution < -0.4 is 4.74 Å². The second-order valence-electron chi connectivity index (χ2n) is 6.64. The number of benzene rings is 1. The van der Waals surface area contributed by atoms with Gasteiger partial charge in [0.25, 0.3) is 0 Å². The van der Waals surface area contributed by atoms with Crippen molar-refractivity contribution in [2.45, 2.75) is 26.1 Å². The number of nitrogens with zero attached hydrogens (tertiary/aromatic N) is 4. The minimum Gasteiger partial charge on any atom is -0.418 e. The van der Waals surface area contributed by atoms with E-state index in [4.69, 9.17) is 14.5 Å². The molecule has 0 aliphatic carbocycles. The first-order chi connectivity index (χ1) is 12.6. The predicted octanol–water partition coefficient (Wildman–Crippen LogP) is 3.30. The minimum atomic E-state index is -0.511. The van der Waals surface area contributed by atoms with Gasteiger partial charge in [-0.25, -0.2) is 4.98 Å². The van der Waals surface area contributed by atoms with Crippen LogP contribution in [-0.2, 0) is 16.9 Å². The third kappa shape index (κ3) is 2.26. The van der Waals surface area contributed by atoms with E-state index in [1.807, 2.05) is 38.1 Å². The van der Waals surface area contributed by atoms with Crippen molar-refractivity contribution in [2.24, 2.45) is 0 Å². The SMILES string of the molecule is CC1(C)OCc2c(Oc3n[nH]c4ccccc34)nc(-c3cn[nH]c3)nc21. The highest BCUT2D eigenvalue weighted by atomic mass is 16.5. The molecule has 0 atom stereocenters. The Morgan fingerprint density at radius 1 is 1.15 bits per heavy atom. The molecule has 130 valence electrons. The van der Waals surface area contributed by atoms with Crippen LogP contribution in [0.15, 0.2) is 36.7 Å². The molecule has 4 aromatic rings. The number of nitrogens with one attached hydrogen (secondary N) is 2. The number of aromatic amines is 2. The number of hydrogen-bond donors (Lipinski definition) is 2. The van der Waals surface area contributed by atoms with Crippen LogP contribution in [0.3, 0.4) is 0 Å². The average Bonchev–Trinajstić information content (AvgIpc) is 3.36. The monoisotopic (exact) mass is 348 g/mol. The second kappa shape index (κ2) is 5.37. The number of para-hydroxylation sites is 1. The molecule has 1 aliphatic rings. The van der Waals surface area contributed by atoms with Gasteiger partial charge < -0.3 is 9.47 Å². The summed E-state index contributed by atoms with van der Waals surface area (Å²) < 4.78 is 12.0. The molecule has 0 saturated carbocycles. The van der Waals surface area contributed by atoms with Crippen LogP contribution in [0.4, 0.5) is 0 Å². The molecule has 5 rings (SSSR count). The first-order valence-electron chi connectivity index (χ1n) is 8.27. The van der Waals surface area contributed by atoms with Gasteiger partial charge in [-0.3, -0.25) is 10.2 Å². The number of ether oxygens (including phenoxy) is 2. The summed E-state index contributed by atoms with van der Waals surface area (Å²) in [7, 11) is 0. The van der Waals surface area contributed by atoms with E-state index in [0.29, 0.717) is 24.2 Å². The summed E-state index contributed by atoms with van der Waals surface area (Å²) in [6.45, 7) is 4.36. The molecule has 1 aliphatic heterocycles. The Balaban J connectivity index is 1.66. The van der Waals surface area contributed by atoms with Crippen LogP contribution in [-0.4, -0.2) is 30.4 Å². The van der Waals surface area contributed by atoms with Gasteiger partial charge in [0.1, 0.15) is 5.60 Å². The Hall–Kier alpha value is -3.26. The molecule has 8 nitrogen and oxygen atoms in total. The van der Waals surface area contributed by atoms with Gasteiger partial charge in [0.15, 0.2) is 5.82 Å². The summed E-state index contributed by atoms with van der Waals surface area (Å²) in [5, 5.41) is 14.9. The van der Waals surface area contributed by atoms with Gasteiger partial charge >= 0.3 is 0 Å². The molecule has 8 heteroatoms. The number of H-pyrrole nitrogens is 2. The molecule has 0 unspecified atom stereocenters. The molecular weight excluding hydrogens is 332 g/mol. The lowest BCUT2D eigenvalue weighted by Gasteiger charge is -2.17. The molecule has 1 aromatic carbocycles. The lowest BCUT2D eigenvalue weighted by atomic mass is 10.0. The zero-order valence-corrected chi connectivity index (χ0v) is 14.3. The maximum atomic E-state index is 6.10. The van der Waals surface area contributed by atoms with Gasteiger partial charge in [0.05, 0.1) is 40.5 Å². The zero-order chi connectivity index (χ0) is 17.7. The second-order valence-corrected chi connectivity index (χ2v) is 6.64. The average molecular weight is 348 g/mol. The molecule has 0 saturated heterocycles. The van der Waals surface area contributed by atoms with Crippen molar-refractivity contribution in [3.8, 4) is 23.1 Å². The minimum absolute atomic E-state index is 0.395. The summed E-state index contributed by atoms with van der Waals surface area (Å²) in [5.41, 5.74) is 2.84. The van der Waals surface area contributed by atoms with Crippen molar-refractivity contribution in [2.75, 3.05) is 0 Å². The van der Waals surface area contributed by atoms with Gasteiger partial charge in [-0.05, 0) is 26.0 Å². The van der Waals surface area contributed by atoms with E-state index in [-0.39, 0.29) is 0 Å². The molecular formula is C18H16N6O2. The third-order valence-corrected chi connectivity index (χ3v) is 4.50. The molecule has 3 aromatic heterocycles. The van der Waals surface area contributed by atoms with Crippen LogP contribution in [0, 0.1) is 0 Å². The van der Waals surface area contributed by atoms with Gasteiger partial charge in [0.2, 0.25) is 11.8 Å². The van der Waals surface area contributed by atoms with Crippen LogP contribution in [0.1, 0.15) is 25.1 Å². The smallest absolute Gasteiger partial charge is 0.247 e. The van der Waals surface area contributed by atoms with Crippen molar-refractivity contribution in [3.05, 3.63) is 47.9 Å². The van der Waals surface area contributed by atoms with Gasteiger partial charge in [0, 0.05) is 6.20 Å². The fourth-order valence-electron chi connectivity index (χ4n) is 3.11. The first-order valence-corrected chi connectivity index (χ1v) is 8.27. The Morgan fingerprint density at radius 2 is 2.04 bits per heavy atom. The number of rotatable bonds is 3. The van der Waals surface area contributed by atoms with E-state index < -0.39 is 5.60 Å². The summed E-state index contributed by atoms with van der Waals surface area (Å²) in [6.07, 6.45) is 3.43. The number of fused-ring (bicyclic) bond motifs is 2. The van der Waals surface area contributed by atoms with Crippen LogP contribution in [0.2, 0.25) is 0 Å². The van der Waals surface area contributed by atoms with Crippen molar-refractivity contribution in [1.29, 1.82) is 0 Å². The van der Waals surface area contributed by atoms with Crippen molar-refractivity contribution >= 4 is 10.9 Å². The topological polar surface area (TPSA) is 102 Å². The van der Waals surface area contributed by atoms with Crippen LogP contribution in [0.25, 0.3) is 22.3 Å². The van der Waals surface area contributed by atoms with E-state index in [1.165, 1.54) is 0 Å². The van der Waals surface area contributed by atoms with E-state index in [0.717, 1.165) is 27.7 Å². The van der Waals surface area contributed by atoms with Crippen LogP contribution in [0.5, 0.6) is 11.8 Å². The number of aromatic nitrogens is 6. The maximum Gasteiger partial charge on any atom is 0.247 e. The number of hydrogen-bond acceptors (Lipinski definition) is 6. The first kappa shape index (κ1) is 15.0. The van der Waals surface area contributed by atoms with Crippen LogP contribution >= 0.6 is 0 Å².